The minimum atomic E-state index is -1.13. The van der Waals surface area contributed by atoms with Crippen molar-refractivity contribution in [1.82, 2.24) is 10.2 Å². The molecule has 0 aromatic carbocycles. The number of morpholine rings is 1. The number of thiophene rings is 1. The van der Waals surface area contributed by atoms with E-state index >= 15 is 0 Å². The third-order valence-corrected chi connectivity index (χ3v) is 8.14. The first-order valence-electron chi connectivity index (χ1n) is 13.2. The highest BCUT2D eigenvalue weighted by molar-refractivity contribution is 7.15. The number of ether oxygens (including phenoxy) is 1. The summed E-state index contributed by atoms with van der Waals surface area (Å²) >= 11 is 1.05. The fourth-order valence-corrected chi connectivity index (χ4v) is 5.65. The predicted molar refractivity (Wildman–Crippen MR) is 146 cm³/mol. The quantitative estimate of drug-likeness (QED) is 0.519. The van der Waals surface area contributed by atoms with Crippen molar-refractivity contribution in [3.8, 4) is 11.8 Å². The molecule has 1 saturated heterocycles. The number of rotatable bonds is 7. The Morgan fingerprint density at radius 2 is 1.81 bits per heavy atom. The fraction of sp³-hybridized carbons (Fsp3) is 0.679. The second-order valence-electron chi connectivity index (χ2n) is 11.3. The molecule has 2 fully saturated rings. The highest BCUT2D eigenvalue weighted by Gasteiger charge is 2.42. The molecule has 1 unspecified atom stereocenters. The number of carbonyl (C=O) groups is 3. The van der Waals surface area contributed by atoms with Crippen molar-refractivity contribution < 1.29 is 24.2 Å². The third kappa shape index (κ3) is 7.34. The van der Waals surface area contributed by atoms with Gasteiger partial charge < -0.3 is 20.1 Å². The number of amides is 2. The Balaban J connectivity index is 2.14. The summed E-state index contributed by atoms with van der Waals surface area (Å²) in [7, 11) is 1.75. The van der Waals surface area contributed by atoms with Gasteiger partial charge in [0.1, 0.15) is 10.9 Å². The van der Waals surface area contributed by atoms with Crippen LogP contribution in [0.2, 0.25) is 0 Å². The van der Waals surface area contributed by atoms with Gasteiger partial charge in [0.2, 0.25) is 11.8 Å². The highest BCUT2D eigenvalue weighted by atomic mass is 32.1. The standard InChI is InChI=1S/C28H41N3O5S/c1-18-7-9-20(10-8-18)25(32)31(23(19(2)29-6)26(33)30-13-15-36-16-14-30)22-17-21(11-12-28(3,4)5)37-24(22)27(34)35/h17-20,23,29H,7-10,13-16H2,1-6H3,(H,34,35)/t18?,19-,20?,23?/m1/s1. The van der Waals surface area contributed by atoms with Gasteiger partial charge >= 0.3 is 5.97 Å². The first kappa shape index (κ1) is 29.2. The smallest absolute Gasteiger partial charge is 0.348 e. The molecule has 1 saturated carbocycles. The van der Waals surface area contributed by atoms with Crippen molar-refractivity contribution >= 4 is 34.8 Å². The largest absolute Gasteiger partial charge is 0.477 e. The zero-order valence-electron chi connectivity index (χ0n) is 22.9. The summed E-state index contributed by atoms with van der Waals surface area (Å²) in [6.07, 6.45) is 3.33. The Kier molecular flexibility index (Phi) is 9.79. The monoisotopic (exact) mass is 531 g/mol. The van der Waals surface area contributed by atoms with Gasteiger partial charge in [-0.15, -0.1) is 11.3 Å². The normalized spacial score (nSPS) is 21.9. The average Bonchev–Trinajstić information content (AvgIpc) is 3.29. The number of hydrogen-bond acceptors (Lipinski definition) is 6. The van der Waals surface area contributed by atoms with E-state index in [-0.39, 0.29) is 33.7 Å². The molecule has 1 aliphatic carbocycles. The SMILES string of the molecule is CN[C@H](C)C(C(=O)N1CCOCC1)N(C(=O)C1CCC(C)CC1)c1cc(C#CC(C)(C)C)sc1C(=O)O. The van der Waals surface area contributed by atoms with Gasteiger partial charge in [-0.25, -0.2) is 4.79 Å². The van der Waals surface area contributed by atoms with Gasteiger partial charge in [-0.2, -0.15) is 0 Å². The maximum absolute atomic E-state index is 14.2. The zero-order chi connectivity index (χ0) is 27.3. The summed E-state index contributed by atoms with van der Waals surface area (Å²) in [5, 5.41) is 13.3. The minimum absolute atomic E-state index is 0.0267. The summed E-state index contributed by atoms with van der Waals surface area (Å²) < 4.78 is 5.44. The number of carbonyl (C=O) groups excluding carboxylic acids is 2. The Morgan fingerprint density at radius 1 is 1.19 bits per heavy atom. The van der Waals surface area contributed by atoms with Crippen molar-refractivity contribution in [3.05, 3.63) is 15.8 Å². The summed E-state index contributed by atoms with van der Waals surface area (Å²) in [5.74, 6) is 5.02. The second-order valence-corrected chi connectivity index (χ2v) is 12.3. The van der Waals surface area contributed by atoms with Crippen LogP contribution in [-0.2, 0) is 14.3 Å². The van der Waals surface area contributed by atoms with Gasteiger partial charge in [0.05, 0.1) is 23.8 Å². The number of anilines is 1. The van der Waals surface area contributed by atoms with Crippen LogP contribution in [0.3, 0.4) is 0 Å². The van der Waals surface area contributed by atoms with Gasteiger partial charge in [-0.05, 0) is 72.4 Å². The molecule has 1 aromatic rings. The van der Waals surface area contributed by atoms with Gasteiger partial charge in [0, 0.05) is 30.5 Å². The van der Waals surface area contributed by atoms with Crippen molar-refractivity contribution in [2.24, 2.45) is 17.3 Å². The molecule has 1 aromatic heterocycles. The van der Waals surface area contributed by atoms with E-state index in [1.165, 1.54) is 4.90 Å². The van der Waals surface area contributed by atoms with Crippen LogP contribution >= 0.6 is 11.3 Å². The molecule has 2 amide bonds. The molecule has 0 bridgehead atoms. The lowest BCUT2D eigenvalue weighted by molar-refractivity contribution is -0.139. The zero-order valence-corrected chi connectivity index (χ0v) is 23.7. The molecule has 1 aliphatic heterocycles. The van der Waals surface area contributed by atoms with Gasteiger partial charge in [0.25, 0.3) is 0 Å². The molecule has 2 aliphatic rings. The van der Waals surface area contributed by atoms with Crippen LogP contribution in [0.5, 0.6) is 0 Å². The van der Waals surface area contributed by atoms with Crippen molar-refractivity contribution in [2.45, 2.75) is 72.4 Å². The Labute approximate surface area is 224 Å². The first-order chi connectivity index (χ1) is 17.4. The lowest BCUT2D eigenvalue weighted by Gasteiger charge is -2.40. The molecule has 37 heavy (non-hydrogen) atoms. The Hall–Kier alpha value is -2.41. The van der Waals surface area contributed by atoms with Gasteiger partial charge in [-0.1, -0.05) is 18.8 Å². The van der Waals surface area contributed by atoms with Crippen LogP contribution in [0.4, 0.5) is 5.69 Å². The first-order valence-corrected chi connectivity index (χ1v) is 14.0. The molecule has 9 heteroatoms. The van der Waals surface area contributed by atoms with E-state index in [1.807, 2.05) is 27.7 Å². The van der Waals surface area contributed by atoms with E-state index in [4.69, 9.17) is 4.74 Å². The summed E-state index contributed by atoms with van der Waals surface area (Å²) in [4.78, 5) is 44.4. The number of nitrogens with one attached hydrogen (secondary N) is 1. The molecule has 2 heterocycles. The van der Waals surface area contributed by atoms with E-state index < -0.39 is 18.1 Å². The lowest BCUT2D eigenvalue weighted by Crippen LogP contribution is -2.61. The van der Waals surface area contributed by atoms with E-state index in [9.17, 15) is 19.5 Å². The van der Waals surface area contributed by atoms with Crippen LogP contribution in [0, 0.1) is 29.1 Å². The van der Waals surface area contributed by atoms with Gasteiger partial charge in [-0.3, -0.25) is 14.5 Å². The third-order valence-electron chi connectivity index (χ3n) is 7.11. The molecule has 2 atom stereocenters. The number of likely N-dealkylation sites (N-methyl/N-ethyl adjacent to an activating group) is 1. The van der Waals surface area contributed by atoms with Crippen LogP contribution in [-0.4, -0.2) is 73.2 Å². The molecule has 204 valence electrons. The number of aromatic carboxylic acids is 1. The van der Waals surface area contributed by atoms with E-state index in [2.05, 4.69) is 24.1 Å². The second kappa shape index (κ2) is 12.4. The maximum Gasteiger partial charge on any atom is 0.348 e. The number of nitrogens with zero attached hydrogens (tertiary/aromatic N) is 2. The van der Waals surface area contributed by atoms with E-state index in [0.717, 1.165) is 37.0 Å². The van der Waals surface area contributed by atoms with Crippen LogP contribution in [0.15, 0.2) is 6.07 Å². The highest BCUT2D eigenvalue weighted by Crippen LogP contribution is 2.37. The lowest BCUT2D eigenvalue weighted by atomic mass is 9.82. The molecular formula is C28H41N3O5S. The molecule has 2 N–H and O–H groups in total. The number of carboxylic acid groups (broad SMARTS) is 1. The summed E-state index contributed by atoms with van der Waals surface area (Å²) in [6.45, 7) is 11.7. The summed E-state index contributed by atoms with van der Waals surface area (Å²) in [6, 6.07) is 0.372. The van der Waals surface area contributed by atoms with E-state index in [1.54, 1.807) is 18.0 Å². The maximum atomic E-state index is 14.2. The Morgan fingerprint density at radius 3 is 2.35 bits per heavy atom. The Bertz CT molecular complexity index is 1040. The van der Waals surface area contributed by atoms with E-state index in [0.29, 0.717) is 37.1 Å². The molecular weight excluding hydrogens is 490 g/mol. The average molecular weight is 532 g/mol. The molecule has 0 radical (unpaired) electrons. The molecule has 3 rings (SSSR count). The van der Waals surface area contributed by atoms with Gasteiger partial charge in [0.15, 0.2) is 0 Å². The molecule has 8 nitrogen and oxygen atoms in total. The van der Waals surface area contributed by atoms with Crippen molar-refractivity contribution in [1.29, 1.82) is 0 Å². The predicted octanol–water partition coefficient (Wildman–Crippen LogP) is 3.84. The van der Waals surface area contributed by atoms with Crippen LogP contribution < -0.4 is 10.2 Å². The minimum Gasteiger partial charge on any atom is -0.477 e. The van der Waals surface area contributed by atoms with Crippen molar-refractivity contribution in [2.75, 3.05) is 38.3 Å². The van der Waals surface area contributed by atoms with Crippen molar-refractivity contribution in [3.63, 3.8) is 0 Å². The number of carboxylic acids is 1. The molecule has 0 spiro atoms. The summed E-state index contributed by atoms with van der Waals surface area (Å²) in [5.41, 5.74) is -0.00911. The fourth-order valence-electron chi connectivity index (χ4n) is 4.81. The van der Waals surface area contributed by atoms with Crippen LogP contribution in [0.1, 0.15) is 74.9 Å². The van der Waals surface area contributed by atoms with Crippen LogP contribution in [0.25, 0.3) is 0 Å². The topological polar surface area (TPSA) is 99.2 Å². The number of hydrogen-bond donors (Lipinski definition) is 2.